The molecule has 0 aliphatic rings. The summed E-state index contributed by atoms with van der Waals surface area (Å²) < 4.78 is 23.7. The number of thioether (sulfide) groups is 1. The Morgan fingerprint density at radius 2 is 1.41 bits per heavy atom. The number of hydrogen-bond donors (Lipinski definition) is 2. The van der Waals surface area contributed by atoms with Crippen molar-refractivity contribution in [3.8, 4) is 0 Å². The van der Waals surface area contributed by atoms with Crippen LogP contribution in [0.15, 0.2) is 30.3 Å². The summed E-state index contributed by atoms with van der Waals surface area (Å²) in [5.74, 6) is -0.590. The first-order chi connectivity index (χ1) is 19.9. The van der Waals surface area contributed by atoms with E-state index in [0.29, 0.717) is 18.3 Å². The van der Waals surface area contributed by atoms with Crippen LogP contribution in [-0.4, -0.2) is 52.0 Å². The molecular formula is C33H58O6PS+. The van der Waals surface area contributed by atoms with E-state index in [1.165, 1.54) is 88.0 Å². The Hall–Kier alpha value is -0.980. The number of unbranched alkanes of at least 4 members (excludes halogenated alkanes) is 12. The van der Waals surface area contributed by atoms with Gasteiger partial charge in [-0.2, -0.15) is 0 Å². The monoisotopic (exact) mass is 613 g/mol. The number of aliphatic hydroxyl groups is 1. The van der Waals surface area contributed by atoms with Gasteiger partial charge in [0.1, 0.15) is 0 Å². The smallest absolute Gasteiger partial charge is 0.392 e. The Morgan fingerprint density at radius 3 is 1.98 bits per heavy atom. The topological polar surface area (TPSA) is 93.1 Å². The fraction of sp³-hybridized carbons (Fsp3) is 0.788. The summed E-state index contributed by atoms with van der Waals surface area (Å²) in [5.41, 5.74) is 0.136. The summed E-state index contributed by atoms with van der Waals surface area (Å²) in [6.45, 7) is 7.10. The van der Waals surface area contributed by atoms with Crippen LogP contribution in [0.25, 0.3) is 0 Å². The summed E-state index contributed by atoms with van der Waals surface area (Å²) >= 11 is 1.24. The lowest BCUT2D eigenvalue weighted by Crippen LogP contribution is -2.45. The maximum atomic E-state index is 11.9. The van der Waals surface area contributed by atoms with E-state index in [4.69, 9.17) is 9.47 Å². The lowest BCUT2D eigenvalue weighted by atomic mass is 9.91. The van der Waals surface area contributed by atoms with Crippen LogP contribution in [0.3, 0.4) is 0 Å². The lowest BCUT2D eigenvalue weighted by molar-refractivity contribution is -0.157. The minimum absolute atomic E-state index is 0.134. The van der Waals surface area contributed by atoms with Crippen LogP contribution in [-0.2, 0) is 18.8 Å². The molecular weight excluding hydrogens is 555 g/mol. The molecule has 0 saturated heterocycles. The predicted octanol–water partition coefficient (Wildman–Crippen LogP) is 9.33. The van der Waals surface area contributed by atoms with E-state index < -0.39 is 25.2 Å². The van der Waals surface area contributed by atoms with E-state index in [1.54, 1.807) is 0 Å². The van der Waals surface area contributed by atoms with E-state index >= 15 is 0 Å². The molecule has 0 aliphatic carbocycles. The summed E-state index contributed by atoms with van der Waals surface area (Å²) in [7, 11) is -1.44. The van der Waals surface area contributed by atoms with Crippen molar-refractivity contribution >= 4 is 26.2 Å². The van der Waals surface area contributed by atoms with Gasteiger partial charge in [0, 0.05) is 6.61 Å². The van der Waals surface area contributed by atoms with Crippen molar-refractivity contribution in [2.24, 2.45) is 0 Å². The lowest BCUT2D eigenvalue weighted by Gasteiger charge is -2.25. The Labute approximate surface area is 256 Å². The first kappa shape index (κ1) is 38.0. The van der Waals surface area contributed by atoms with Crippen molar-refractivity contribution in [3.05, 3.63) is 35.9 Å². The Balaban J connectivity index is 2.58. The number of hydrogen-bond acceptors (Lipinski definition) is 6. The van der Waals surface area contributed by atoms with E-state index in [-0.39, 0.29) is 12.7 Å². The number of rotatable bonds is 28. The van der Waals surface area contributed by atoms with Gasteiger partial charge < -0.3 is 19.7 Å². The number of aliphatic carboxylic acids is 1. The molecule has 1 aromatic carbocycles. The molecule has 8 heteroatoms. The van der Waals surface area contributed by atoms with Crippen LogP contribution >= 0.6 is 20.2 Å². The van der Waals surface area contributed by atoms with Crippen molar-refractivity contribution in [3.63, 3.8) is 0 Å². The normalized spacial score (nSPS) is 15.4. The maximum Gasteiger partial charge on any atom is 0.392 e. The first-order valence-electron chi connectivity index (χ1n) is 16.1. The zero-order chi connectivity index (χ0) is 30.2. The van der Waals surface area contributed by atoms with Crippen LogP contribution in [0.4, 0.5) is 0 Å². The van der Waals surface area contributed by atoms with E-state index in [2.05, 4.69) is 38.1 Å². The van der Waals surface area contributed by atoms with Gasteiger partial charge in [0.25, 0.3) is 0 Å². The van der Waals surface area contributed by atoms with Crippen molar-refractivity contribution in [1.29, 1.82) is 0 Å². The molecule has 6 nitrogen and oxygen atoms in total. The average molecular weight is 614 g/mol. The van der Waals surface area contributed by atoms with Crippen molar-refractivity contribution < 1.29 is 29.0 Å². The third-order valence-corrected chi connectivity index (χ3v) is 9.87. The molecule has 0 spiro atoms. The number of carboxylic acids is 1. The summed E-state index contributed by atoms with van der Waals surface area (Å²) in [4.78, 5) is 11.9. The van der Waals surface area contributed by atoms with Gasteiger partial charge in [-0.05, 0) is 43.4 Å². The molecule has 0 amide bonds. The molecule has 236 valence electrons. The van der Waals surface area contributed by atoms with E-state index in [9.17, 15) is 19.6 Å². The second-order valence-electron chi connectivity index (χ2n) is 11.3. The van der Waals surface area contributed by atoms with Gasteiger partial charge in [-0.25, -0.2) is 4.79 Å². The Kier molecular flexibility index (Phi) is 22.7. The standard InChI is InChI=1S/C33H57O6PS/c1-4-6-8-10-12-13-15-20-25-38-28(3)27-39-32(33(36,40-37)31(34)35)41-26-24-30(29-21-18-16-19-22-29)23-17-14-11-9-7-5-2/h16,18-19,21-22,28,30,32,36H,4-15,17,20,23-27H2,1-3H3,(H,34,35)/p+1. The fourth-order valence-corrected chi connectivity index (χ4v) is 6.78. The van der Waals surface area contributed by atoms with Gasteiger partial charge in [-0.3, -0.25) is 0 Å². The Morgan fingerprint density at radius 1 is 0.854 bits per heavy atom. The van der Waals surface area contributed by atoms with Gasteiger partial charge in [0.05, 0.1) is 12.7 Å². The minimum Gasteiger partial charge on any atom is -0.476 e. The number of benzene rings is 1. The highest BCUT2D eigenvalue weighted by Gasteiger charge is 2.55. The minimum atomic E-state index is -2.45. The van der Waals surface area contributed by atoms with Crippen LogP contribution in [0, 0.1) is 0 Å². The second kappa shape index (κ2) is 24.5. The number of ether oxygens (including phenoxy) is 2. The van der Waals surface area contributed by atoms with Crippen molar-refractivity contribution in [1.82, 2.24) is 0 Å². The molecule has 1 rings (SSSR count). The molecule has 1 aromatic rings. The van der Waals surface area contributed by atoms with Gasteiger partial charge in [-0.15, -0.1) is 11.8 Å². The number of carboxylic acid groups (broad SMARTS) is 1. The summed E-state index contributed by atoms with van der Waals surface area (Å²) in [5, 5.41) is 18.0. The molecule has 0 fully saturated rings. The van der Waals surface area contributed by atoms with Gasteiger partial charge in [-0.1, -0.05) is 132 Å². The third-order valence-electron chi connectivity index (χ3n) is 7.62. The predicted molar refractivity (Wildman–Crippen MR) is 174 cm³/mol. The highest BCUT2D eigenvalue weighted by Crippen LogP contribution is 2.36. The van der Waals surface area contributed by atoms with Crippen LogP contribution < -0.4 is 0 Å². The van der Waals surface area contributed by atoms with Crippen molar-refractivity contribution in [2.45, 2.75) is 146 Å². The van der Waals surface area contributed by atoms with Gasteiger partial charge in [0.2, 0.25) is 0 Å². The second-order valence-corrected chi connectivity index (χ2v) is 13.5. The van der Waals surface area contributed by atoms with E-state index in [0.717, 1.165) is 32.1 Å². The largest absolute Gasteiger partial charge is 0.476 e. The van der Waals surface area contributed by atoms with Crippen molar-refractivity contribution in [2.75, 3.05) is 19.0 Å². The Bertz CT molecular complexity index is 782. The van der Waals surface area contributed by atoms with Crippen LogP contribution in [0.1, 0.15) is 135 Å². The molecule has 0 heterocycles. The first-order valence-corrected chi connectivity index (χ1v) is 18.1. The zero-order valence-electron chi connectivity index (χ0n) is 26.0. The summed E-state index contributed by atoms with van der Waals surface area (Å²) in [6, 6.07) is 10.4. The summed E-state index contributed by atoms with van der Waals surface area (Å²) in [6.07, 6.45) is 18.9. The van der Waals surface area contributed by atoms with Crippen LogP contribution in [0.5, 0.6) is 0 Å². The SMILES string of the molecule is CCCCCCCCCCOC(C)COC(SCCC(CCCCCCCC)c1ccccc1)C(O)([PH+]=O)C(=O)O. The molecule has 0 aliphatic heterocycles. The van der Waals surface area contributed by atoms with E-state index in [1.807, 2.05) is 13.0 Å². The fourth-order valence-electron chi connectivity index (χ4n) is 4.96. The molecule has 0 saturated carbocycles. The number of carbonyl (C=O) groups is 1. The highest BCUT2D eigenvalue weighted by molar-refractivity contribution is 8.00. The molecule has 41 heavy (non-hydrogen) atoms. The molecule has 0 bridgehead atoms. The quantitative estimate of drug-likeness (QED) is 0.0552. The van der Waals surface area contributed by atoms with Gasteiger partial charge >= 0.3 is 19.8 Å². The molecule has 0 radical (unpaired) electrons. The molecule has 5 atom stereocenters. The highest BCUT2D eigenvalue weighted by atomic mass is 32.2. The van der Waals surface area contributed by atoms with Crippen LogP contribution in [0.2, 0.25) is 0 Å². The third kappa shape index (κ3) is 17.0. The molecule has 0 aromatic heterocycles. The average Bonchev–Trinajstić information content (AvgIpc) is 2.98. The zero-order valence-corrected chi connectivity index (χ0v) is 27.8. The maximum absolute atomic E-state index is 11.9. The molecule has 2 N–H and O–H groups in total. The molecule has 5 unspecified atom stereocenters. The van der Waals surface area contributed by atoms with Gasteiger partial charge in [0.15, 0.2) is 5.44 Å².